The van der Waals surface area contributed by atoms with Gasteiger partial charge in [0, 0.05) is 10.4 Å². The van der Waals surface area contributed by atoms with Gasteiger partial charge in [0.15, 0.2) is 17.3 Å². The maximum absolute atomic E-state index is 12.6. The van der Waals surface area contributed by atoms with Gasteiger partial charge in [-0.15, -0.1) is 0 Å². The van der Waals surface area contributed by atoms with Gasteiger partial charge in [-0.3, -0.25) is 10.2 Å². The second-order valence-electron chi connectivity index (χ2n) is 7.44. The first kappa shape index (κ1) is 22.3. The minimum Gasteiger partial charge on any atom is -0.493 e. The Kier molecular flexibility index (Phi) is 6.48. The maximum Gasteiger partial charge on any atom is 0.283 e. The van der Waals surface area contributed by atoms with E-state index in [0.717, 1.165) is 15.1 Å². The van der Waals surface area contributed by atoms with Crippen molar-refractivity contribution in [2.75, 3.05) is 7.11 Å². The molecule has 7 nitrogen and oxygen atoms in total. The Labute approximate surface area is 198 Å². The number of ether oxygens (including phenoxy) is 2. The maximum atomic E-state index is 12.6. The van der Waals surface area contributed by atoms with Crippen LogP contribution in [0.4, 0.5) is 0 Å². The number of fused-ring (bicyclic) bond motifs is 1. The van der Waals surface area contributed by atoms with Crippen LogP contribution in [0.15, 0.2) is 62.6 Å². The summed E-state index contributed by atoms with van der Waals surface area (Å²) >= 11 is 4.75. The lowest BCUT2D eigenvalue weighted by atomic mass is 10.1. The Morgan fingerprint density at radius 2 is 1.94 bits per heavy atom. The zero-order valence-electron chi connectivity index (χ0n) is 17.8. The summed E-state index contributed by atoms with van der Waals surface area (Å²) in [6.45, 7) is 4.42. The summed E-state index contributed by atoms with van der Waals surface area (Å²) in [4.78, 5) is 16.7. The molecule has 2 aliphatic heterocycles. The number of carbonyl (C=O) groups excluding carboxylic acids is 1. The van der Waals surface area contributed by atoms with Crippen molar-refractivity contribution in [3.05, 3.63) is 63.6 Å². The average Bonchev–Trinajstić information content (AvgIpc) is 3.21. The quantitative estimate of drug-likeness (QED) is 0.529. The van der Waals surface area contributed by atoms with E-state index in [1.807, 2.05) is 44.2 Å². The predicted octanol–water partition coefficient (Wildman–Crippen LogP) is 5.31. The summed E-state index contributed by atoms with van der Waals surface area (Å²) in [7, 11) is 1.56. The zero-order chi connectivity index (χ0) is 22.8. The summed E-state index contributed by atoms with van der Waals surface area (Å²) in [5.74, 6) is 0.872. The highest BCUT2D eigenvalue weighted by Gasteiger charge is 2.36. The van der Waals surface area contributed by atoms with Crippen LogP contribution < -0.4 is 9.47 Å². The second kappa shape index (κ2) is 9.30. The number of hydrogen-bond acceptors (Lipinski definition) is 6. The number of nitrogens with one attached hydrogen (secondary N) is 1. The molecule has 0 spiro atoms. The van der Waals surface area contributed by atoms with Crippen LogP contribution in [0.2, 0.25) is 0 Å². The van der Waals surface area contributed by atoms with E-state index < -0.39 is 5.91 Å². The van der Waals surface area contributed by atoms with E-state index in [2.05, 4.69) is 26.0 Å². The van der Waals surface area contributed by atoms with Crippen molar-refractivity contribution in [3.8, 4) is 11.5 Å². The third kappa shape index (κ3) is 4.63. The molecule has 0 atom stereocenters. The fourth-order valence-corrected chi connectivity index (χ4v) is 4.20. The van der Waals surface area contributed by atoms with Crippen LogP contribution >= 0.6 is 27.7 Å². The van der Waals surface area contributed by atoms with Gasteiger partial charge in [-0.05, 0) is 53.2 Å². The van der Waals surface area contributed by atoms with Gasteiger partial charge in [-0.25, -0.2) is 0 Å². The number of benzene rings is 2. The second-order valence-corrected chi connectivity index (χ2v) is 9.34. The molecule has 0 aliphatic carbocycles. The zero-order valence-corrected chi connectivity index (χ0v) is 20.2. The SMILES string of the molecule is COc1cc(C=C2C(=N)N3N=C(C(C)C)SC3=NC2=O)ccc1OCc1ccc(Br)cc1. The molecule has 2 heterocycles. The molecule has 2 aliphatic rings. The molecule has 2 aromatic carbocycles. The summed E-state index contributed by atoms with van der Waals surface area (Å²) in [5.41, 5.74) is 1.90. The number of methoxy groups -OCH3 is 1. The summed E-state index contributed by atoms with van der Waals surface area (Å²) in [5, 5.41) is 15.6. The van der Waals surface area contributed by atoms with Crippen LogP contribution in [-0.2, 0) is 11.4 Å². The van der Waals surface area contributed by atoms with Crippen LogP contribution in [0.5, 0.6) is 11.5 Å². The summed E-state index contributed by atoms with van der Waals surface area (Å²) in [6, 6.07) is 13.3. The van der Waals surface area contributed by atoms with Crippen LogP contribution in [0.3, 0.4) is 0 Å². The van der Waals surface area contributed by atoms with E-state index in [1.54, 1.807) is 25.3 Å². The Bertz CT molecular complexity index is 1170. The molecule has 0 aromatic heterocycles. The molecule has 1 amide bonds. The molecule has 9 heteroatoms. The van der Waals surface area contributed by atoms with Crippen LogP contribution in [-0.4, -0.2) is 34.1 Å². The lowest BCUT2D eigenvalue weighted by Crippen LogP contribution is -2.35. The van der Waals surface area contributed by atoms with Crippen LogP contribution in [0.1, 0.15) is 25.0 Å². The Morgan fingerprint density at radius 3 is 2.62 bits per heavy atom. The number of carbonyl (C=O) groups is 1. The van der Waals surface area contributed by atoms with Gasteiger partial charge < -0.3 is 9.47 Å². The van der Waals surface area contributed by atoms with Crippen molar-refractivity contribution in [2.24, 2.45) is 16.0 Å². The molecule has 0 radical (unpaired) electrons. The Hall–Kier alpha value is -2.91. The van der Waals surface area contributed by atoms with Gasteiger partial charge in [0.25, 0.3) is 5.91 Å². The third-order valence-corrected chi connectivity index (χ3v) is 6.51. The number of halogens is 1. The highest BCUT2D eigenvalue weighted by atomic mass is 79.9. The normalized spacial score (nSPS) is 16.9. The van der Waals surface area contributed by atoms with Gasteiger partial charge >= 0.3 is 0 Å². The average molecular weight is 513 g/mol. The van der Waals surface area contributed by atoms with E-state index in [4.69, 9.17) is 14.9 Å². The number of rotatable bonds is 6. The largest absolute Gasteiger partial charge is 0.493 e. The molecule has 164 valence electrons. The van der Waals surface area contributed by atoms with Gasteiger partial charge in [-0.1, -0.05) is 48.0 Å². The molecule has 1 N–H and O–H groups in total. The molecule has 4 rings (SSSR count). The molecular formula is C23H21BrN4O3S. The monoisotopic (exact) mass is 512 g/mol. The molecule has 0 bridgehead atoms. The van der Waals surface area contributed by atoms with Crippen molar-refractivity contribution < 1.29 is 14.3 Å². The molecule has 0 saturated heterocycles. The number of aliphatic imine (C=N–C) groups is 1. The highest BCUT2D eigenvalue weighted by Crippen LogP contribution is 2.33. The van der Waals surface area contributed by atoms with Crippen molar-refractivity contribution in [1.29, 1.82) is 5.41 Å². The van der Waals surface area contributed by atoms with E-state index >= 15 is 0 Å². The molecule has 0 saturated carbocycles. The molecule has 0 unspecified atom stereocenters. The van der Waals surface area contributed by atoms with E-state index in [9.17, 15) is 4.79 Å². The number of thioether (sulfide) groups is 1. The van der Waals surface area contributed by atoms with Gasteiger partial charge in [0.2, 0.25) is 5.17 Å². The van der Waals surface area contributed by atoms with Crippen molar-refractivity contribution in [3.63, 3.8) is 0 Å². The minimum atomic E-state index is -0.455. The van der Waals surface area contributed by atoms with Crippen molar-refractivity contribution >= 4 is 55.7 Å². The van der Waals surface area contributed by atoms with Crippen LogP contribution in [0.25, 0.3) is 6.08 Å². The van der Waals surface area contributed by atoms with E-state index in [1.165, 1.54) is 16.8 Å². The first-order chi connectivity index (χ1) is 15.4. The lowest BCUT2D eigenvalue weighted by molar-refractivity contribution is -0.114. The molecular weight excluding hydrogens is 492 g/mol. The Morgan fingerprint density at radius 1 is 1.19 bits per heavy atom. The molecule has 0 fully saturated rings. The van der Waals surface area contributed by atoms with Gasteiger partial charge in [0.1, 0.15) is 11.7 Å². The smallest absolute Gasteiger partial charge is 0.283 e. The first-order valence-electron chi connectivity index (χ1n) is 9.91. The number of amides is 1. The number of hydrogen-bond donors (Lipinski definition) is 1. The summed E-state index contributed by atoms with van der Waals surface area (Å²) in [6.07, 6.45) is 1.62. The topological polar surface area (TPSA) is 87.3 Å². The predicted molar refractivity (Wildman–Crippen MR) is 131 cm³/mol. The fourth-order valence-electron chi connectivity index (χ4n) is 3.04. The van der Waals surface area contributed by atoms with Crippen molar-refractivity contribution in [2.45, 2.75) is 20.5 Å². The molecule has 2 aromatic rings. The lowest BCUT2D eigenvalue weighted by Gasteiger charge is -2.20. The van der Waals surface area contributed by atoms with Gasteiger partial charge in [0.05, 0.1) is 12.7 Å². The third-order valence-electron chi connectivity index (χ3n) is 4.77. The van der Waals surface area contributed by atoms with Crippen LogP contribution in [0, 0.1) is 11.3 Å². The van der Waals surface area contributed by atoms with Crippen molar-refractivity contribution in [1.82, 2.24) is 5.01 Å². The number of amidine groups is 2. The van der Waals surface area contributed by atoms with Gasteiger partial charge in [-0.2, -0.15) is 15.1 Å². The number of nitrogens with zero attached hydrogens (tertiary/aromatic N) is 3. The highest BCUT2D eigenvalue weighted by molar-refractivity contribution is 9.10. The minimum absolute atomic E-state index is 0.0117. The van der Waals surface area contributed by atoms with E-state index in [-0.39, 0.29) is 17.3 Å². The van der Waals surface area contributed by atoms with E-state index in [0.29, 0.717) is 28.8 Å². The molecule has 32 heavy (non-hydrogen) atoms. The number of hydrazone groups is 1. The first-order valence-corrected chi connectivity index (χ1v) is 11.5. The standard InChI is InChI=1S/C23H21BrN4O3S/c1-13(2)22-27-28-20(25)17(21(29)26-23(28)32-22)10-15-6-9-18(19(11-15)30-3)31-12-14-4-7-16(24)8-5-14/h4-11,13,25H,12H2,1-3H3. The summed E-state index contributed by atoms with van der Waals surface area (Å²) < 4.78 is 12.4. The Balaban J connectivity index is 1.55. The fraction of sp³-hybridized carbons (Fsp3) is 0.217.